The molecule has 1 heterocycles. The molecule has 256 valence electrons. The molecule has 1 aliphatic heterocycles. The van der Waals surface area contributed by atoms with Crippen LogP contribution in [-0.4, -0.2) is 52.7 Å². The van der Waals surface area contributed by atoms with Crippen LogP contribution in [-0.2, 0) is 27.8 Å². The van der Waals surface area contributed by atoms with Gasteiger partial charge in [-0.3, -0.25) is 9.69 Å². The number of amides is 3. The summed E-state index contributed by atoms with van der Waals surface area (Å²) in [5.74, 6) is 0.454. The number of halogens is 1. The van der Waals surface area contributed by atoms with E-state index in [4.69, 9.17) is 21.1 Å². The summed E-state index contributed by atoms with van der Waals surface area (Å²) in [5.41, 5.74) is 5.36. The number of carbonyl (C=O) groups is 3. The minimum absolute atomic E-state index is 0.0115. The molecule has 0 bridgehead atoms. The lowest BCUT2D eigenvalue weighted by Crippen LogP contribution is -2.50. The van der Waals surface area contributed by atoms with Crippen LogP contribution in [0.1, 0.15) is 62.9 Å². The lowest BCUT2D eigenvalue weighted by atomic mass is 9.87. The van der Waals surface area contributed by atoms with Crippen molar-refractivity contribution in [2.75, 3.05) is 19.7 Å². The maximum absolute atomic E-state index is 14.3. The number of nitrogens with zero attached hydrogens (tertiary/aromatic N) is 2. The van der Waals surface area contributed by atoms with Gasteiger partial charge in [0.15, 0.2) is 0 Å². The molecule has 0 unspecified atom stereocenters. The van der Waals surface area contributed by atoms with Gasteiger partial charge in [-0.05, 0) is 94.0 Å². The minimum Gasteiger partial charge on any atom is -0.465 e. The highest BCUT2D eigenvalue weighted by Gasteiger charge is 2.41. The number of fused-ring (bicyclic) bond motifs is 1. The van der Waals surface area contributed by atoms with Crippen LogP contribution in [0.25, 0.3) is 11.1 Å². The molecular formula is C40H43ClN2O6. The Kier molecular flexibility index (Phi) is 11.0. The molecule has 1 atom stereocenters. The number of hydrogen-bond donors (Lipinski definition) is 1. The van der Waals surface area contributed by atoms with Crippen molar-refractivity contribution in [2.45, 2.75) is 58.9 Å². The summed E-state index contributed by atoms with van der Waals surface area (Å²) in [6, 6.07) is 27.3. The van der Waals surface area contributed by atoms with Crippen molar-refractivity contribution in [3.63, 3.8) is 0 Å². The molecule has 1 N–H and O–H groups in total. The van der Waals surface area contributed by atoms with Crippen LogP contribution in [0.15, 0.2) is 91.0 Å². The van der Waals surface area contributed by atoms with Crippen molar-refractivity contribution < 1.29 is 29.0 Å². The Morgan fingerprint density at radius 3 is 2.10 bits per heavy atom. The third-order valence-corrected chi connectivity index (χ3v) is 8.81. The largest absolute Gasteiger partial charge is 0.465 e. The third-order valence-electron chi connectivity index (χ3n) is 8.56. The van der Waals surface area contributed by atoms with E-state index in [1.54, 1.807) is 6.07 Å². The molecule has 4 aromatic rings. The van der Waals surface area contributed by atoms with Gasteiger partial charge in [0, 0.05) is 18.1 Å². The fourth-order valence-electron chi connectivity index (χ4n) is 5.79. The van der Waals surface area contributed by atoms with Crippen molar-refractivity contribution in [3.8, 4) is 22.6 Å². The maximum atomic E-state index is 14.3. The van der Waals surface area contributed by atoms with Crippen LogP contribution >= 0.6 is 11.6 Å². The Bertz CT molecular complexity index is 1780. The second-order valence-electron chi connectivity index (χ2n) is 13.8. The first kappa shape index (κ1) is 35.5. The molecular weight excluding hydrogens is 640 g/mol. The van der Waals surface area contributed by atoms with Gasteiger partial charge in [0.25, 0.3) is 5.91 Å². The quantitative estimate of drug-likeness (QED) is 0.189. The highest BCUT2D eigenvalue weighted by molar-refractivity contribution is 6.30. The smallest absolute Gasteiger partial charge is 0.414 e. The molecule has 49 heavy (non-hydrogen) atoms. The predicted octanol–water partition coefficient (Wildman–Crippen LogP) is 9.54. The van der Waals surface area contributed by atoms with E-state index in [-0.39, 0.29) is 31.0 Å². The second-order valence-corrected chi connectivity index (χ2v) is 14.2. The lowest BCUT2D eigenvalue weighted by molar-refractivity contribution is -0.135. The van der Waals surface area contributed by atoms with Gasteiger partial charge in [0.05, 0.1) is 6.61 Å². The van der Waals surface area contributed by atoms with Gasteiger partial charge in [-0.25, -0.2) is 14.5 Å². The number of hydrogen-bond acceptors (Lipinski definition) is 5. The molecule has 4 aromatic carbocycles. The monoisotopic (exact) mass is 682 g/mol. The first-order valence-electron chi connectivity index (χ1n) is 16.5. The van der Waals surface area contributed by atoms with Crippen molar-refractivity contribution >= 4 is 29.7 Å². The predicted molar refractivity (Wildman–Crippen MR) is 191 cm³/mol. The zero-order valence-electron chi connectivity index (χ0n) is 28.6. The van der Waals surface area contributed by atoms with Crippen LogP contribution in [0, 0.1) is 5.92 Å². The summed E-state index contributed by atoms with van der Waals surface area (Å²) in [5, 5.41) is 10.9. The van der Waals surface area contributed by atoms with Gasteiger partial charge < -0.3 is 14.6 Å². The zero-order chi connectivity index (χ0) is 35.3. The molecule has 1 aliphatic rings. The minimum atomic E-state index is -1.39. The summed E-state index contributed by atoms with van der Waals surface area (Å²) in [6.45, 7) is 10.5. The topological polar surface area (TPSA) is 96.4 Å². The van der Waals surface area contributed by atoms with Gasteiger partial charge >= 0.3 is 12.2 Å². The number of rotatable bonds is 9. The van der Waals surface area contributed by atoms with Crippen LogP contribution in [0.4, 0.5) is 9.59 Å². The summed E-state index contributed by atoms with van der Waals surface area (Å²) in [7, 11) is 0. The van der Waals surface area contributed by atoms with E-state index in [1.807, 2.05) is 98.8 Å². The fourth-order valence-corrected chi connectivity index (χ4v) is 5.92. The molecule has 0 saturated carbocycles. The number of ether oxygens (including phenoxy) is 2. The highest BCUT2D eigenvalue weighted by atomic mass is 35.5. The van der Waals surface area contributed by atoms with E-state index in [2.05, 4.69) is 20.8 Å². The second kappa shape index (κ2) is 15.2. The first-order chi connectivity index (χ1) is 23.3. The average Bonchev–Trinajstić information content (AvgIpc) is 3.07. The van der Waals surface area contributed by atoms with Crippen LogP contribution < -0.4 is 4.74 Å². The SMILES string of the molecule is CC(C)COC(=O)N1CCc2ccc(Oc3ccc(C(C)(C)C)cc3)cc2[C@H]1C(=O)N(CCc1ccc(-c2ccc(Cl)cc2)cc1)C(=O)O. The first-order valence-corrected chi connectivity index (χ1v) is 16.9. The van der Waals surface area contributed by atoms with E-state index >= 15 is 0 Å². The number of imide groups is 1. The molecule has 0 aromatic heterocycles. The van der Waals surface area contributed by atoms with Gasteiger partial charge in [-0.15, -0.1) is 0 Å². The van der Waals surface area contributed by atoms with Crippen molar-refractivity contribution in [1.29, 1.82) is 0 Å². The third kappa shape index (κ3) is 8.81. The van der Waals surface area contributed by atoms with Gasteiger partial charge in [-0.2, -0.15) is 0 Å². The molecule has 0 aliphatic carbocycles. The van der Waals surface area contributed by atoms with E-state index in [1.165, 1.54) is 4.90 Å². The Balaban J connectivity index is 1.41. The summed E-state index contributed by atoms with van der Waals surface area (Å²) in [6.07, 6.45) is -1.28. The van der Waals surface area contributed by atoms with Gasteiger partial charge in [0.2, 0.25) is 0 Å². The van der Waals surface area contributed by atoms with Crippen molar-refractivity contribution in [1.82, 2.24) is 9.80 Å². The molecule has 0 saturated heterocycles. The van der Waals surface area contributed by atoms with E-state index in [0.29, 0.717) is 34.9 Å². The molecule has 0 radical (unpaired) electrons. The maximum Gasteiger partial charge on any atom is 0.414 e. The Morgan fingerprint density at radius 2 is 1.51 bits per heavy atom. The zero-order valence-corrected chi connectivity index (χ0v) is 29.4. The van der Waals surface area contributed by atoms with E-state index in [9.17, 15) is 19.5 Å². The molecule has 3 amide bonds. The Labute approximate surface area is 293 Å². The summed E-state index contributed by atoms with van der Waals surface area (Å²) in [4.78, 5) is 42.4. The highest BCUT2D eigenvalue weighted by Crippen LogP contribution is 2.36. The molecule has 9 heteroatoms. The standard InChI is InChI=1S/C40H43ClN2O6/c1-26(2)25-48-39(47)42-23-21-30-12-17-34(49-33-18-13-31(14-19-33)40(3,4)5)24-35(30)36(42)37(44)43(38(45)46)22-20-27-6-8-28(9-7-27)29-10-15-32(41)16-11-29/h6-19,24,26,36H,20-23,25H2,1-5H3,(H,45,46)/t36-/m0/s1. The molecule has 8 nitrogen and oxygen atoms in total. The summed E-state index contributed by atoms with van der Waals surface area (Å²) >= 11 is 6.03. The van der Waals surface area contributed by atoms with Crippen LogP contribution in [0.3, 0.4) is 0 Å². The van der Waals surface area contributed by atoms with Crippen LogP contribution in [0.2, 0.25) is 5.02 Å². The van der Waals surface area contributed by atoms with Gasteiger partial charge in [0.1, 0.15) is 17.5 Å². The van der Waals surface area contributed by atoms with Crippen LogP contribution in [0.5, 0.6) is 11.5 Å². The Morgan fingerprint density at radius 1 is 0.898 bits per heavy atom. The molecule has 0 spiro atoms. The lowest BCUT2D eigenvalue weighted by Gasteiger charge is -2.37. The molecule has 5 rings (SSSR count). The van der Waals surface area contributed by atoms with Gasteiger partial charge in [-0.1, -0.05) is 101 Å². The molecule has 0 fully saturated rings. The fraction of sp³-hybridized carbons (Fsp3) is 0.325. The number of carboxylic acid groups (broad SMARTS) is 1. The summed E-state index contributed by atoms with van der Waals surface area (Å²) < 4.78 is 11.7. The van der Waals surface area contributed by atoms with Crippen molar-refractivity contribution in [2.24, 2.45) is 5.92 Å². The average molecular weight is 683 g/mol. The number of carbonyl (C=O) groups excluding carboxylic acids is 2. The normalized spacial score (nSPS) is 14.3. The Hall–Kier alpha value is -4.82. The van der Waals surface area contributed by atoms with Crippen molar-refractivity contribution in [3.05, 3.63) is 118 Å². The number of benzene rings is 4. The van der Waals surface area contributed by atoms with E-state index in [0.717, 1.165) is 32.7 Å². The van der Waals surface area contributed by atoms with E-state index < -0.39 is 24.1 Å².